The summed E-state index contributed by atoms with van der Waals surface area (Å²) < 4.78 is 0. The van der Waals surface area contributed by atoms with Gasteiger partial charge in [0.05, 0.1) is 22.3 Å². The number of fused-ring (bicyclic) bond motifs is 2. The van der Waals surface area contributed by atoms with E-state index in [4.69, 9.17) is 0 Å². The van der Waals surface area contributed by atoms with E-state index in [1.54, 1.807) is 60.7 Å². The monoisotopic (exact) mass is 345 g/mol. The molecule has 0 bridgehead atoms. The molecule has 0 radical (unpaired) electrons. The molecule has 0 saturated heterocycles. The van der Waals surface area contributed by atoms with Crippen LogP contribution in [0.5, 0.6) is 11.5 Å². The second kappa shape index (κ2) is 5.97. The lowest BCUT2D eigenvalue weighted by Gasteiger charge is -2.15. The van der Waals surface area contributed by atoms with Crippen LogP contribution in [0.2, 0.25) is 0 Å². The third kappa shape index (κ3) is 2.38. The fourth-order valence-corrected chi connectivity index (χ4v) is 3.21. The van der Waals surface area contributed by atoms with Gasteiger partial charge in [-0.15, -0.1) is 0 Å². The smallest absolute Gasteiger partial charge is 0.337 e. The third-order valence-electron chi connectivity index (χ3n) is 4.42. The number of phenols is 2. The summed E-state index contributed by atoms with van der Waals surface area (Å²) in [6.07, 6.45) is 0. The molecule has 0 atom stereocenters. The van der Waals surface area contributed by atoms with Crippen molar-refractivity contribution in [1.82, 2.24) is 0 Å². The number of aromatic carboxylic acids is 1. The van der Waals surface area contributed by atoms with Crippen LogP contribution in [0, 0.1) is 0 Å². The van der Waals surface area contributed by atoms with Crippen molar-refractivity contribution in [3.8, 4) is 11.5 Å². The van der Waals surface area contributed by atoms with Crippen LogP contribution in [0.1, 0.15) is 10.4 Å². The lowest BCUT2D eigenvalue weighted by molar-refractivity contribution is 0.0698. The van der Waals surface area contributed by atoms with E-state index in [0.29, 0.717) is 32.9 Å². The summed E-state index contributed by atoms with van der Waals surface area (Å²) in [7, 11) is 0. The number of hydrogen-bond acceptors (Lipinski definition) is 4. The van der Waals surface area contributed by atoms with E-state index in [0.717, 1.165) is 0 Å². The lowest BCUT2D eigenvalue weighted by Crippen LogP contribution is -2.02. The van der Waals surface area contributed by atoms with Crippen LogP contribution in [0.25, 0.3) is 21.5 Å². The van der Waals surface area contributed by atoms with E-state index in [9.17, 15) is 20.1 Å². The van der Waals surface area contributed by atoms with Gasteiger partial charge in [-0.05, 0) is 18.2 Å². The van der Waals surface area contributed by atoms with Crippen LogP contribution in [-0.4, -0.2) is 21.3 Å². The molecule has 5 nitrogen and oxygen atoms in total. The van der Waals surface area contributed by atoms with Crippen LogP contribution < -0.4 is 5.32 Å². The van der Waals surface area contributed by atoms with Crippen molar-refractivity contribution < 1.29 is 20.1 Å². The molecule has 0 fully saturated rings. The Balaban J connectivity index is 1.99. The quantitative estimate of drug-likeness (QED) is 0.315. The number of anilines is 2. The fraction of sp³-hybridized carbons (Fsp3) is 0. The van der Waals surface area contributed by atoms with E-state index in [1.807, 2.05) is 0 Å². The molecule has 128 valence electrons. The molecule has 5 heteroatoms. The molecule has 0 aliphatic carbocycles. The molecular weight excluding hydrogens is 330 g/mol. The molecule has 0 aromatic heterocycles. The highest BCUT2D eigenvalue weighted by molar-refractivity contribution is 6.15. The van der Waals surface area contributed by atoms with Crippen molar-refractivity contribution in [3.63, 3.8) is 0 Å². The summed E-state index contributed by atoms with van der Waals surface area (Å²) in [5.74, 6) is -0.946. The largest absolute Gasteiger partial charge is 0.507 e. The highest BCUT2D eigenvalue weighted by atomic mass is 16.4. The van der Waals surface area contributed by atoms with Gasteiger partial charge in [0.25, 0.3) is 0 Å². The number of carbonyl (C=O) groups is 1. The maximum Gasteiger partial charge on any atom is 0.337 e. The van der Waals surface area contributed by atoms with Gasteiger partial charge < -0.3 is 20.6 Å². The second-order valence-electron chi connectivity index (χ2n) is 5.95. The molecule has 0 unspecified atom stereocenters. The van der Waals surface area contributed by atoms with E-state index in [1.165, 1.54) is 6.07 Å². The Hall–Kier alpha value is -3.73. The standard InChI is InChI=1S/C21H15NO4/c23-19-12-6-1-2-7-13(12)20(24)18-15(19)9-5-11-17(18)22-16-10-4-3-8-14(16)21(25)26/h1-11,22-24H,(H,25,26). The molecule has 0 heterocycles. The zero-order valence-electron chi connectivity index (χ0n) is 13.6. The minimum Gasteiger partial charge on any atom is -0.507 e. The van der Waals surface area contributed by atoms with Crippen LogP contribution in [0.4, 0.5) is 11.4 Å². The predicted molar refractivity (Wildman–Crippen MR) is 101 cm³/mol. The highest BCUT2D eigenvalue weighted by Crippen LogP contribution is 2.44. The fourth-order valence-electron chi connectivity index (χ4n) is 3.21. The van der Waals surface area contributed by atoms with Crippen molar-refractivity contribution in [2.75, 3.05) is 5.32 Å². The Kier molecular flexibility index (Phi) is 3.62. The SMILES string of the molecule is O=C(O)c1ccccc1Nc1cccc2c(O)c3ccccc3c(O)c12. The highest BCUT2D eigenvalue weighted by Gasteiger charge is 2.17. The topological polar surface area (TPSA) is 89.8 Å². The van der Waals surface area contributed by atoms with Crippen molar-refractivity contribution >= 4 is 38.9 Å². The Morgan fingerprint density at radius 3 is 2.00 bits per heavy atom. The first-order chi connectivity index (χ1) is 12.6. The average molecular weight is 345 g/mol. The number of para-hydroxylation sites is 1. The van der Waals surface area contributed by atoms with Crippen molar-refractivity contribution in [3.05, 3.63) is 72.3 Å². The molecule has 0 aliphatic heterocycles. The molecular formula is C21H15NO4. The van der Waals surface area contributed by atoms with E-state index >= 15 is 0 Å². The van der Waals surface area contributed by atoms with Crippen LogP contribution in [-0.2, 0) is 0 Å². The van der Waals surface area contributed by atoms with Gasteiger partial charge in [0.15, 0.2) is 0 Å². The normalized spacial score (nSPS) is 10.9. The van der Waals surface area contributed by atoms with Gasteiger partial charge in [-0.2, -0.15) is 0 Å². The molecule has 0 amide bonds. The minimum atomic E-state index is -1.05. The number of carboxylic acids is 1. The van der Waals surface area contributed by atoms with Gasteiger partial charge in [-0.25, -0.2) is 4.79 Å². The number of hydrogen-bond donors (Lipinski definition) is 4. The lowest BCUT2D eigenvalue weighted by atomic mass is 9.99. The van der Waals surface area contributed by atoms with E-state index in [2.05, 4.69) is 5.32 Å². The van der Waals surface area contributed by atoms with Gasteiger partial charge in [0, 0.05) is 16.2 Å². The van der Waals surface area contributed by atoms with Gasteiger partial charge in [-0.1, -0.05) is 48.5 Å². The number of nitrogens with one attached hydrogen (secondary N) is 1. The maximum atomic E-state index is 11.4. The average Bonchev–Trinajstić information content (AvgIpc) is 2.66. The van der Waals surface area contributed by atoms with Gasteiger partial charge in [0.1, 0.15) is 11.5 Å². The van der Waals surface area contributed by atoms with Crippen molar-refractivity contribution in [2.24, 2.45) is 0 Å². The maximum absolute atomic E-state index is 11.4. The number of aromatic hydroxyl groups is 2. The Morgan fingerprint density at radius 2 is 1.27 bits per heavy atom. The van der Waals surface area contributed by atoms with Gasteiger partial charge in [-0.3, -0.25) is 0 Å². The third-order valence-corrected chi connectivity index (χ3v) is 4.42. The molecule has 0 aliphatic rings. The Bertz CT molecular complexity index is 1170. The molecule has 4 aromatic carbocycles. The summed E-state index contributed by atoms with van der Waals surface area (Å²) in [4.78, 5) is 11.4. The predicted octanol–water partition coefficient (Wildman–Crippen LogP) is 4.85. The molecule has 4 rings (SSSR count). The van der Waals surface area contributed by atoms with Crippen LogP contribution >= 0.6 is 0 Å². The Morgan fingerprint density at radius 1 is 0.692 bits per heavy atom. The molecule has 4 aromatic rings. The molecule has 4 N–H and O–H groups in total. The van der Waals surface area contributed by atoms with Gasteiger partial charge in [0.2, 0.25) is 0 Å². The van der Waals surface area contributed by atoms with E-state index in [-0.39, 0.29) is 17.1 Å². The first-order valence-corrected chi connectivity index (χ1v) is 8.02. The summed E-state index contributed by atoms with van der Waals surface area (Å²) in [6.45, 7) is 0. The zero-order valence-corrected chi connectivity index (χ0v) is 13.6. The van der Waals surface area contributed by atoms with Crippen LogP contribution in [0.3, 0.4) is 0 Å². The second-order valence-corrected chi connectivity index (χ2v) is 5.95. The van der Waals surface area contributed by atoms with Gasteiger partial charge >= 0.3 is 5.97 Å². The first-order valence-electron chi connectivity index (χ1n) is 8.02. The number of rotatable bonds is 3. The van der Waals surface area contributed by atoms with E-state index < -0.39 is 5.97 Å². The minimum absolute atomic E-state index is 0.0318. The summed E-state index contributed by atoms with van der Waals surface area (Å²) in [5, 5.41) is 35.9. The molecule has 26 heavy (non-hydrogen) atoms. The number of benzene rings is 4. The summed E-state index contributed by atoms with van der Waals surface area (Å²) in [6, 6.07) is 18.8. The van der Waals surface area contributed by atoms with Crippen LogP contribution in [0.15, 0.2) is 66.7 Å². The Labute approximate surface area is 148 Å². The van der Waals surface area contributed by atoms with Crippen molar-refractivity contribution in [1.29, 1.82) is 0 Å². The number of phenolic OH excluding ortho intramolecular Hbond substituents is 2. The van der Waals surface area contributed by atoms with Crippen molar-refractivity contribution in [2.45, 2.75) is 0 Å². The summed E-state index contributed by atoms with van der Waals surface area (Å²) in [5.41, 5.74) is 1.03. The summed E-state index contributed by atoms with van der Waals surface area (Å²) >= 11 is 0. The molecule has 0 spiro atoms. The zero-order chi connectivity index (χ0) is 18.3. The molecule has 0 saturated carbocycles. The first kappa shape index (κ1) is 15.8. The number of carboxylic acid groups (broad SMARTS) is 1.